The van der Waals surface area contributed by atoms with Crippen molar-refractivity contribution in [2.45, 2.75) is 64.7 Å². The fourth-order valence-electron chi connectivity index (χ4n) is 5.11. The molecule has 0 aliphatic rings. The molecule has 0 N–H and O–H groups in total. The topological polar surface area (TPSA) is 4.93 Å². The van der Waals surface area contributed by atoms with Crippen LogP contribution in [0.1, 0.15) is 47.1 Å². The predicted octanol–water partition coefficient (Wildman–Crippen LogP) is 3.53. The summed E-state index contributed by atoms with van der Waals surface area (Å²) in [5.74, 6) is 0. The number of rotatable bonds is 6. The van der Waals surface area contributed by atoms with Crippen molar-refractivity contribution in [1.29, 1.82) is 0 Å². The van der Waals surface area contributed by atoms with E-state index >= 15 is 0 Å². The lowest BCUT2D eigenvalue weighted by atomic mass is 10.1. The quantitative estimate of drug-likeness (QED) is 0.321. The second kappa shape index (κ2) is 8.54. The maximum Gasteiger partial charge on any atom is 0.169 e. The first-order valence-corrected chi connectivity index (χ1v) is 12.1. The molecule has 0 aliphatic heterocycles. The zero-order valence-corrected chi connectivity index (χ0v) is 21.8. The second-order valence-electron chi connectivity index (χ2n) is 9.46. The maximum atomic E-state index is 6.69. The average Bonchev–Trinajstić information content (AvgIpc) is 2.76. The molecule has 0 fully saturated rings. The van der Waals surface area contributed by atoms with Crippen molar-refractivity contribution in [3.05, 3.63) is 35.0 Å². The van der Waals surface area contributed by atoms with Gasteiger partial charge in [-0.15, -0.1) is 0 Å². The Morgan fingerprint density at radius 2 is 1.46 bits per heavy atom. The molecule has 0 bridgehead atoms. The standard InChI is InChI=1S/C21H36ClN2Si.HI/c1-15(2)25(16(3)4,17(5)6)23-13-18(14-24(7,8)9)21-19(22)11-10-12-20(21)23;/h10-13,15-17H,14H2,1-9H3;1H/q+1;/p-1. The molecule has 2 aromatic rings. The van der Waals surface area contributed by atoms with Crippen LogP contribution in [-0.2, 0) is 6.54 Å². The van der Waals surface area contributed by atoms with E-state index in [9.17, 15) is 0 Å². The number of halogens is 2. The molecule has 0 saturated carbocycles. The van der Waals surface area contributed by atoms with Gasteiger partial charge < -0.3 is 32.7 Å². The molecule has 2 nitrogen and oxygen atoms in total. The Hall–Kier alpha value is -0.0431. The van der Waals surface area contributed by atoms with Gasteiger partial charge in [0.05, 0.1) is 26.2 Å². The number of benzene rings is 1. The van der Waals surface area contributed by atoms with Gasteiger partial charge in [-0.25, -0.2) is 0 Å². The van der Waals surface area contributed by atoms with Crippen molar-refractivity contribution in [1.82, 2.24) is 4.23 Å². The Morgan fingerprint density at radius 1 is 0.962 bits per heavy atom. The molecule has 0 aliphatic carbocycles. The molecule has 0 radical (unpaired) electrons. The zero-order valence-electron chi connectivity index (χ0n) is 17.9. The third-order valence-electron chi connectivity index (χ3n) is 5.69. The van der Waals surface area contributed by atoms with Crippen molar-refractivity contribution < 1.29 is 28.5 Å². The van der Waals surface area contributed by atoms with Gasteiger partial charge in [-0.2, -0.15) is 0 Å². The molecule has 148 valence electrons. The van der Waals surface area contributed by atoms with E-state index in [1.807, 2.05) is 6.07 Å². The zero-order chi connectivity index (χ0) is 19.2. The van der Waals surface area contributed by atoms with E-state index in [4.69, 9.17) is 11.6 Å². The molecule has 0 amide bonds. The number of hydrogen-bond donors (Lipinski definition) is 0. The minimum Gasteiger partial charge on any atom is -1.00 e. The van der Waals surface area contributed by atoms with E-state index in [2.05, 4.69) is 85.2 Å². The van der Waals surface area contributed by atoms with Crippen LogP contribution >= 0.6 is 11.6 Å². The summed E-state index contributed by atoms with van der Waals surface area (Å²) in [5, 5.41) is 2.15. The molecule has 5 heteroatoms. The number of aromatic nitrogens is 1. The minimum atomic E-state index is -1.79. The lowest BCUT2D eigenvalue weighted by Gasteiger charge is -2.44. The van der Waals surface area contributed by atoms with Crippen molar-refractivity contribution >= 4 is 30.7 Å². The monoisotopic (exact) mass is 506 g/mol. The minimum absolute atomic E-state index is 0. The summed E-state index contributed by atoms with van der Waals surface area (Å²) in [6.45, 7) is 15.5. The Bertz CT molecular complexity index is 723. The van der Waals surface area contributed by atoms with Gasteiger partial charge in [0.1, 0.15) is 6.54 Å². The Labute approximate surface area is 183 Å². The van der Waals surface area contributed by atoms with Crippen LogP contribution < -0.4 is 24.0 Å². The molecular formula is C21H36ClIN2Si. The van der Waals surface area contributed by atoms with E-state index in [0.717, 1.165) is 16.1 Å². The fraction of sp³-hybridized carbons (Fsp3) is 0.619. The van der Waals surface area contributed by atoms with Gasteiger partial charge in [0.15, 0.2) is 8.24 Å². The molecule has 1 aromatic carbocycles. The average molecular weight is 507 g/mol. The van der Waals surface area contributed by atoms with Crippen molar-refractivity contribution in [2.75, 3.05) is 21.1 Å². The Kier molecular flexibility index (Phi) is 7.88. The van der Waals surface area contributed by atoms with Crippen LogP contribution in [0, 0.1) is 0 Å². The molecule has 26 heavy (non-hydrogen) atoms. The van der Waals surface area contributed by atoms with Crippen molar-refractivity contribution in [3.8, 4) is 0 Å². The molecule has 0 unspecified atom stereocenters. The molecule has 0 spiro atoms. The Morgan fingerprint density at radius 3 is 1.88 bits per heavy atom. The summed E-state index contributed by atoms with van der Waals surface area (Å²) in [6.07, 6.45) is 2.45. The van der Waals surface area contributed by atoms with E-state index in [1.54, 1.807) is 0 Å². The third kappa shape index (κ3) is 4.18. The van der Waals surface area contributed by atoms with Gasteiger partial charge in [0, 0.05) is 22.7 Å². The van der Waals surface area contributed by atoms with Crippen molar-refractivity contribution in [2.24, 2.45) is 0 Å². The van der Waals surface area contributed by atoms with Crippen LogP contribution in [0.2, 0.25) is 21.6 Å². The van der Waals surface area contributed by atoms with Crippen LogP contribution in [0.4, 0.5) is 0 Å². The normalized spacial score (nSPS) is 13.1. The third-order valence-corrected chi connectivity index (χ3v) is 12.8. The molecule has 1 aromatic heterocycles. The SMILES string of the molecule is CC(C)[Si](C(C)C)(C(C)C)n1cc(C[N+](C)(C)C)c2c(Cl)cccc21.[I-]. The highest BCUT2D eigenvalue weighted by atomic mass is 127. The van der Waals surface area contributed by atoms with Gasteiger partial charge in [-0.3, -0.25) is 0 Å². The summed E-state index contributed by atoms with van der Waals surface area (Å²) in [4.78, 5) is 0. The van der Waals surface area contributed by atoms with Gasteiger partial charge in [0.2, 0.25) is 0 Å². The molecule has 0 saturated heterocycles. The van der Waals surface area contributed by atoms with Crippen LogP contribution in [0.3, 0.4) is 0 Å². The second-order valence-corrected chi connectivity index (χ2v) is 15.6. The van der Waals surface area contributed by atoms with Gasteiger partial charge in [-0.1, -0.05) is 59.2 Å². The summed E-state index contributed by atoms with van der Waals surface area (Å²) in [6, 6.07) is 6.42. The first-order chi connectivity index (χ1) is 11.4. The van der Waals surface area contributed by atoms with Crippen LogP contribution in [0.15, 0.2) is 24.4 Å². The molecule has 1 heterocycles. The van der Waals surface area contributed by atoms with Gasteiger partial charge >= 0.3 is 0 Å². The first kappa shape index (κ1) is 24.0. The fourth-order valence-corrected chi connectivity index (χ4v) is 12.1. The molecule has 0 atom stereocenters. The highest BCUT2D eigenvalue weighted by Crippen LogP contribution is 2.45. The number of fused-ring (bicyclic) bond motifs is 1. The predicted molar refractivity (Wildman–Crippen MR) is 115 cm³/mol. The highest BCUT2D eigenvalue weighted by Gasteiger charge is 2.46. The van der Waals surface area contributed by atoms with Crippen LogP contribution in [-0.4, -0.2) is 38.1 Å². The van der Waals surface area contributed by atoms with Crippen LogP contribution in [0.25, 0.3) is 10.9 Å². The van der Waals surface area contributed by atoms with E-state index in [1.165, 1.54) is 16.5 Å². The maximum absolute atomic E-state index is 6.69. The number of quaternary nitrogens is 1. The largest absolute Gasteiger partial charge is 1.00 e. The highest BCUT2D eigenvalue weighted by molar-refractivity contribution is 6.82. The smallest absolute Gasteiger partial charge is 0.169 e. The molecule has 2 rings (SSSR count). The van der Waals surface area contributed by atoms with Gasteiger partial charge in [-0.05, 0) is 28.8 Å². The Balaban J connectivity index is 0.00000338. The summed E-state index contributed by atoms with van der Waals surface area (Å²) < 4.78 is 3.60. The summed E-state index contributed by atoms with van der Waals surface area (Å²) in [7, 11) is 4.95. The summed E-state index contributed by atoms with van der Waals surface area (Å²) in [5.41, 5.74) is 4.71. The van der Waals surface area contributed by atoms with E-state index in [0.29, 0.717) is 16.6 Å². The number of nitrogens with zero attached hydrogens (tertiary/aromatic N) is 2. The number of hydrogen-bond acceptors (Lipinski definition) is 0. The summed E-state index contributed by atoms with van der Waals surface area (Å²) >= 11 is 6.69. The lowest BCUT2D eigenvalue weighted by molar-refractivity contribution is -0.883. The van der Waals surface area contributed by atoms with Crippen LogP contribution in [0.5, 0.6) is 0 Å². The van der Waals surface area contributed by atoms with Gasteiger partial charge in [0.25, 0.3) is 0 Å². The van der Waals surface area contributed by atoms with E-state index < -0.39 is 8.24 Å². The molecular weight excluding hydrogens is 471 g/mol. The van der Waals surface area contributed by atoms with Crippen molar-refractivity contribution in [3.63, 3.8) is 0 Å². The lowest BCUT2D eigenvalue weighted by Crippen LogP contribution is -3.00. The van der Waals surface area contributed by atoms with E-state index in [-0.39, 0.29) is 24.0 Å². The first-order valence-electron chi connectivity index (χ1n) is 9.52.